The molecule has 3 aromatic rings. The minimum Gasteiger partial charge on any atom is -0.481 e. The molecule has 0 saturated carbocycles. The number of hydrogen-bond acceptors (Lipinski definition) is 2. The van der Waals surface area contributed by atoms with Gasteiger partial charge in [-0.1, -0.05) is 74.0 Å². The van der Waals surface area contributed by atoms with Crippen molar-refractivity contribution in [2.24, 2.45) is 5.41 Å². The van der Waals surface area contributed by atoms with Crippen molar-refractivity contribution >= 4 is 5.97 Å². The van der Waals surface area contributed by atoms with Gasteiger partial charge in [0, 0.05) is 31.3 Å². The van der Waals surface area contributed by atoms with Crippen LogP contribution in [0.15, 0.2) is 66.9 Å². The van der Waals surface area contributed by atoms with Gasteiger partial charge in [0.05, 0.1) is 5.41 Å². The van der Waals surface area contributed by atoms with Gasteiger partial charge in [-0.25, -0.2) is 4.98 Å². The molecule has 29 heavy (non-hydrogen) atoms. The highest BCUT2D eigenvalue weighted by Gasteiger charge is 2.35. The van der Waals surface area contributed by atoms with E-state index in [1.54, 1.807) is 0 Å². The van der Waals surface area contributed by atoms with Gasteiger partial charge in [0.2, 0.25) is 0 Å². The average molecular weight is 391 g/mol. The summed E-state index contributed by atoms with van der Waals surface area (Å²) in [4.78, 5) is 16.9. The zero-order valence-corrected chi connectivity index (χ0v) is 17.3. The molecule has 0 radical (unpaired) electrons. The molecule has 2 aromatic carbocycles. The maximum Gasteiger partial charge on any atom is 0.310 e. The summed E-state index contributed by atoms with van der Waals surface area (Å²) >= 11 is 0. The van der Waals surface area contributed by atoms with Crippen LogP contribution in [0.5, 0.6) is 0 Å². The molecule has 0 aliphatic carbocycles. The second kappa shape index (κ2) is 9.55. The molecule has 1 atom stereocenters. The van der Waals surface area contributed by atoms with Crippen LogP contribution in [0.3, 0.4) is 0 Å². The van der Waals surface area contributed by atoms with Crippen molar-refractivity contribution in [1.29, 1.82) is 0 Å². The monoisotopic (exact) mass is 390 g/mol. The SMILES string of the molecule is CCCCc1ncc(CC(C)(Cc2ccccc2)C(=O)O)n1Cc1ccccc1. The van der Waals surface area contributed by atoms with Gasteiger partial charge in [-0.3, -0.25) is 4.79 Å². The van der Waals surface area contributed by atoms with E-state index in [1.165, 1.54) is 5.56 Å². The van der Waals surface area contributed by atoms with Crippen molar-refractivity contribution in [2.75, 3.05) is 0 Å². The number of carboxylic acids is 1. The standard InChI is InChI=1S/C25H30N2O2/c1-3-4-15-23-26-18-22(27(23)19-21-13-9-6-10-14-21)17-25(2,24(28)29)16-20-11-7-5-8-12-20/h5-14,18H,3-4,15-17,19H2,1-2H3,(H,28,29). The molecule has 0 fully saturated rings. The first-order valence-corrected chi connectivity index (χ1v) is 10.4. The molecule has 1 aromatic heterocycles. The number of nitrogens with zero attached hydrogens (tertiary/aromatic N) is 2. The van der Waals surface area contributed by atoms with Crippen LogP contribution in [0.25, 0.3) is 0 Å². The summed E-state index contributed by atoms with van der Waals surface area (Å²) in [6.07, 6.45) is 5.90. The van der Waals surface area contributed by atoms with Gasteiger partial charge in [0.1, 0.15) is 5.82 Å². The summed E-state index contributed by atoms with van der Waals surface area (Å²) in [7, 11) is 0. The highest BCUT2D eigenvalue weighted by atomic mass is 16.4. The highest BCUT2D eigenvalue weighted by Crippen LogP contribution is 2.29. The molecule has 0 aliphatic rings. The average Bonchev–Trinajstić information content (AvgIpc) is 3.08. The van der Waals surface area contributed by atoms with E-state index in [0.717, 1.165) is 42.9 Å². The van der Waals surface area contributed by atoms with Gasteiger partial charge < -0.3 is 9.67 Å². The van der Waals surface area contributed by atoms with Crippen LogP contribution < -0.4 is 0 Å². The Hall–Kier alpha value is -2.88. The van der Waals surface area contributed by atoms with Crippen LogP contribution >= 0.6 is 0 Å². The maximum atomic E-state index is 12.2. The maximum absolute atomic E-state index is 12.2. The Labute approximate surface area is 173 Å². The van der Waals surface area contributed by atoms with Gasteiger partial charge >= 0.3 is 5.97 Å². The number of carbonyl (C=O) groups is 1. The van der Waals surface area contributed by atoms with Gasteiger partial charge in [0.25, 0.3) is 0 Å². The topological polar surface area (TPSA) is 55.1 Å². The van der Waals surface area contributed by atoms with Crippen LogP contribution in [-0.2, 0) is 30.6 Å². The Balaban J connectivity index is 1.91. The van der Waals surface area contributed by atoms with Gasteiger partial charge in [-0.15, -0.1) is 0 Å². The lowest BCUT2D eigenvalue weighted by atomic mass is 9.79. The van der Waals surface area contributed by atoms with E-state index in [1.807, 2.05) is 61.7 Å². The molecule has 4 nitrogen and oxygen atoms in total. The predicted molar refractivity (Wildman–Crippen MR) is 116 cm³/mol. The third kappa shape index (κ3) is 5.35. The molecule has 0 bridgehead atoms. The van der Waals surface area contributed by atoms with Crippen LogP contribution in [0.2, 0.25) is 0 Å². The lowest BCUT2D eigenvalue weighted by Gasteiger charge is -2.26. The third-order valence-electron chi connectivity index (χ3n) is 5.48. The third-order valence-corrected chi connectivity index (χ3v) is 5.48. The number of hydrogen-bond donors (Lipinski definition) is 1. The summed E-state index contributed by atoms with van der Waals surface area (Å²) < 4.78 is 2.22. The van der Waals surface area contributed by atoms with Crippen LogP contribution in [0.1, 0.15) is 49.3 Å². The minimum atomic E-state index is -0.891. The van der Waals surface area contributed by atoms with Crippen LogP contribution in [-0.4, -0.2) is 20.6 Å². The molecule has 1 unspecified atom stereocenters. The van der Waals surface area contributed by atoms with E-state index in [2.05, 4.69) is 28.6 Å². The fraction of sp³-hybridized carbons (Fsp3) is 0.360. The molecule has 1 heterocycles. The molecule has 4 heteroatoms. The van der Waals surface area contributed by atoms with E-state index >= 15 is 0 Å². The number of aromatic nitrogens is 2. The smallest absolute Gasteiger partial charge is 0.310 e. The fourth-order valence-corrected chi connectivity index (χ4v) is 3.75. The van der Waals surface area contributed by atoms with Crippen molar-refractivity contribution in [2.45, 2.75) is 52.5 Å². The van der Waals surface area contributed by atoms with Crippen LogP contribution in [0.4, 0.5) is 0 Å². The quantitative estimate of drug-likeness (QED) is 0.521. The first-order valence-electron chi connectivity index (χ1n) is 10.4. The van der Waals surface area contributed by atoms with Gasteiger partial charge in [0.15, 0.2) is 0 Å². The van der Waals surface area contributed by atoms with Gasteiger partial charge in [-0.2, -0.15) is 0 Å². The summed E-state index contributed by atoms with van der Waals surface area (Å²) in [5.41, 5.74) is 2.33. The van der Waals surface area contributed by atoms with Crippen molar-refractivity contribution in [3.63, 3.8) is 0 Å². The summed E-state index contributed by atoms with van der Waals surface area (Å²) in [6, 6.07) is 20.2. The fourth-order valence-electron chi connectivity index (χ4n) is 3.75. The molecule has 1 N–H and O–H groups in total. The molecule has 0 amide bonds. The number of aliphatic carboxylic acids is 1. The van der Waals surface area contributed by atoms with Gasteiger partial charge in [-0.05, 0) is 30.9 Å². The Morgan fingerprint density at radius 2 is 1.62 bits per heavy atom. The van der Waals surface area contributed by atoms with Crippen molar-refractivity contribution in [3.05, 3.63) is 89.5 Å². The first kappa shape index (κ1) is 20.8. The highest BCUT2D eigenvalue weighted by molar-refractivity contribution is 5.75. The first-order chi connectivity index (χ1) is 14.0. The normalized spacial score (nSPS) is 13.2. The Kier molecular flexibility index (Phi) is 6.86. The van der Waals surface area contributed by atoms with E-state index in [4.69, 9.17) is 0 Å². The molecule has 0 spiro atoms. The van der Waals surface area contributed by atoms with Crippen molar-refractivity contribution < 1.29 is 9.90 Å². The minimum absolute atomic E-state index is 0.448. The summed E-state index contributed by atoms with van der Waals surface area (Å²) in [5, 5.41) is 10.1. The van der Waals surface area contributed by atoms with E-state index < -0.39 is 11.4 Å². The summed E-state index contributed by atoms with van der Waals surface area (Å²) in [5.74, 6) is 0.266. The number of imidazole rings is 1. The summed E-state index contributed by atoms with van der Waals surface area (Å²) in [6.45, 7) is 4.73. The molecule has 0 saturated heterocycles. The number of benzene rings is 2. The van der Waals surface area contributed by atoms with E-state index in [9.17, 15) is 9.90 Å². The Bertz CT molecular complexity index is 919. The molecular weight excluding hydrogens is 360 g/mol. The second-order valence-corrected chi connectivity index (χ2v) is 8.05. The zero-order valence-electron chi connectivity index (χ0n) is 17.3. The van der Waals surface area contributed by atoms with E-state index in [-0.39, 0.29) is 0 Å². The lowest BCUT2D eigenvalue weighted by Crippen LogP contribution is -2.33. The largest absolute Gasteiger partial charge is 0.481 e. The molecular formula is C25H30N2O2. The number of carboxylic acid groups (broad SMARTS) is 1. The molecule has 152 valence electrons. The predicted octanol–water partition coefficient (Wildman–Crippen LogP) is 5.15. The number of unbranched alkanes of at least 4 members (excludes halogenated alkanes) is 1. The number of rotatable bonds is 10. The van der Waals surface area contributed by atoms with Crippen LogP contribution in [0, 0.1) is 5.41 Å². The zero-order chi connectivity index (χ0) is 20.7. The Morgan fingerprint density at radius 1 is 1.00 bits per heavy atom. The Morgan fingerprint density at radius 3 is 2.21 bits per heavy atom. The number of aryl methyl sites for hydroxylation is 1. The lowest BCUT2D eigenvalue weighted by molar-refractivity contribution is -0.147. The molecule has 3 rings (SSSR count). The van der Waals surface area contributed by atoms with Crippen molar-refractivity contribution in [3.8, 4) is 0 Å². The second-order valence-electron chi connectivity index (χ2n) is 8.05. The van der Waals surface area contributed by atoms with Crippen molar-refractivity contribution in [1.82, 2.24) is 9.55 Å². The van der Waals surface area contributed by atoms with E-state index in [0.29, 0.717) is 12.8 Å². The molecule has 0 aliphatic heterocycles.